The maximum Gasteiger partial charge on any atom is 0.269 e. The van der Waals surface area contributed by atoms with Crippen LogP contribution in [0.5, 0.6) is 5.75 Å². The van der Waals surface area contributed by atoms with Crippen molar-refractivity contribution < 1.29 is 22.7 Å². The Morgan fingerprint density at radius 1 is 1.14 bits per heavy atom. The predicted octanol–water partition coefficient (Wildman–Crippen LogP) is 2.50. The van der Waals surface area contributed by atoms with Crippen LogP contribution in [0.25, 0.3) is 0 Å². The fraction of sp³-hybridized carbons (Fsp3) is 0.300. The van der Waals surface area contributed by atoms with E-state index < -0.39 is 15.9 Å². The molecule has 28 heavy (non-hydrogen) atoms. The molecule has 1 N–H and O–H groups in total. The van der Waals surface area contributed by atoms with Gasteiger partial charge in [-0.3, -0.25) is 9.59 Å². The Morgan fingerprint density at radius 2 is 1.82 bits per heavy atom. The van der Waals surface area contributed by atoms with Crippen LogP contribution >= 0.6 is 0 Å². The van der Waals surface area contributed by atoms with Crippen LogP contribution in [0.4, 0.5) is 0 Å². The lowest BCUT2D eigenvalue weighted by molar-refractivity contribution is -0.121. The summed E-state index contributed by atoms with van der Waals surface area (Å²) in [6, 6.07) is 13.3. The van der Waals surface area contributed by atoms with Crippen molar-refractivity contribution >= 4 is 21.8 Å². The lowest BCUT2D eigenvalue weighted by Crippen LogP contribution is -2.32. The fourth-order valence-corrected chi connectivity index (χ4v) is 4.73. The summed E-state index contributed by atoms with van der Waals surface area (Å²) in [5, 5.41) is 2.88. The van der Waals surface area contributed by atoms with Crippen molar-refractivity contribution in [2.24, 2.45) is 0 Å². The topological polar surface area (TPSA) is 92.8 Å². The van der Waals surface area contributed by atoms with Crippen molar-refractivity contribution in [2.45, 2.75) is 30.7 Å². The first-order chi connectivity index (χ1) is 13.3. The van der Waals surface area contributed by atoms with Gasteiger partial charge in [0.25, 0.3) is 15.9 Å². The summed E-state index contributed by atoms with van der Waals surface area (Å²) >= 11 is 0. The second-order valence-electron chi connectivity index (χ2n) is 6.54. The molecule has 8 heteroatoms. The average molecular weight is 402 g/mol. The molecule has 1 atom stereocenters. The van der Waals surface area contributed by atoms with Crippen LogP contribution < -0.4 is 10.1 Å². The number of carbonyl (C=O) groups is 2. The van der Waals surface area contributed by atoms with Gasteiger partial charge in [0, 0.05) is 13.0 Å². The first-order valence-corrected chi connectivity index (χ1v) is 10.4. The zero-order valence-electron chi connectivity index (χ0n) is 15.7. The highest BCUT2D eigenvalue weighted by molar-refractivity contribution is 7.90. The number of benzene rings is 2. The van der Waals surface area contributed by atoms with Gasteiger partial charge >= 0.3 is 0 Å². The number of rotatable bonds is 7. The summed E-state index contributed by atoms with van der Waals surface area (Å²) in [6.45, 7) is 1.84. The number of hydrogen-bond acceptors (Lipinski definition) is 5. The predicted molar refractivity (Wildman–Crippen MR) is 103 cm³/mol. The van der Waals surface area contributed by atoms with E-state index in [0.717, 1.165) is 15.6 Å². The third-order valence-corrected chi connectivity index (χ3v) is 6.51. The quantitative estimate of drug-likeness (QED) is 0.768. The molecule has 0 saturated carbocycles. The molecular weight excluding hydrogens is 380 g/mol. The Morgan fingerprint density at radius 3 is 2.46 bits per heavy atom. The Bertz CT molecular complexity index is 986. The number of carbonyl (C=O) groups excluding carboxylic acids is 2. The molecular formula is C20H22N2O5S. The zero-order chi connectivity index (χ0) is 20.3. The molecule has 148 valence electrons. The van der Waals surface area contributed by atoms with Crippen LogP contribution in [0.3, 0.4) is 0 Å². The van der Waals surface area contributed by atoms with Crippen molar-refractivity contribution in [3.8, 4) is 5.75 Å². The SMILES string of the molecule is COc1ccc(C(C)NC(=O)CCCN2C(=O)c3ccccc3S2(=O)=O)cc1. The average Bonchev–Trinajstić information content (AvgIpc) is 2.89. The summed E-state index contributed by atoms with van der Waals surface area (Å²) < 4.78 is 30.9. The molecule has 7 nitrogen and oxygen atoms in total. The number of hydrogen-bond donors (Lipinski definition) is 1. The van der Waals surface area contributed by atoms with E-state index in [9.17, 15) is 18.0 Å². The highest BCUT2D eigenvalue weighted by atomic mass is 32.2. The summed E-state index contributed by atoms with van der Waals surface area (Å²) in [6.07, 6.45) is 0.371. The van der Waals surface area contributed by atoms with E-state index in [1.807, 2.05) is 31.2 Å². The van der Waals surface area contributed by atoms with Gasteiger partial charge in [0.15, 0.2) is 0 Å². The molecule has 1 unspecified atom stereocenters. The largest absolute Gasteiger partial charge is 0.497 e. The van der Waals surface area contributed by atoms with Gasteiger partial charge in [-0.1, -0.05) is 24.3 Å². The van der Waals surface area contributed by atoms with E-state index in [-0.39, 0.29) is 41.8 Å². The molecule has 0 aliphatic carbocycles. The molecule has 2 amide bonds. The lowest BCUT2D eigenvalue weighted by Gasteiger charge is -2.17. The number of methoxy groups -OCH3 is 1. The summed E-state index contributed by atoms with van der Waals surface area (Å²) in [5.74, 6) is -0.00718. The Labute approximate surface area is 164 Å². The molecule has 0 radical (unpaired) electrons. The van der Waals surface area contributed by atoms with Crippen LogP contribution in [0.1, 0.15) is 41.7 Å². The number of ether oxygens (including phenoxy) is 1. The van der Waals surface area contributed by atoms with E-state index in [1.165, 1.54) is 12.1 Å². The highest BCUT2D eigenvalue weighted by Gasteiger charge is 2.40. The van der Waals surface area contributed by atoms with E-state index in [1.54, 1.807) is 19.2 Å². The number of nitrogens with one attached hydrogen (secondary N) is 1. The van der Waals surface area contributed by atoms with Crippen molar-refractivity contribution in [1.82, 2.24) is 9.62 Å². The summed E-state index contributed by atoms with van der Waals surface area (Å²) in [7, 11) is -2.24. The number of fused-ring (bicyclic) bond motifs is 1. The van der Waals surface area contributed by atoms with Crippen LogP contribution in [0.15, 0.2) is 53.4 Å². The number of amides is 2. The number of nitrogens with zero attached hydrogens (tertiary/aromatic N) is 1. The minimum absolute atomic E-state index is 0.0255. The molecule has 0 aromatic heterocycles. The minimum atomic E-state index is -3.83. The van der Waals surface area contributed by atoms with E-state index in [2.05, 4.69) is 5.32 Å². The van der Waals surface area contributed by atoms with Gasteiger partial charge < -0.3 is 10.1 Å². The van der Waals surface area contributed by atoms with Crippen molar-refractivity contribution in [2.75, 3.05) is 13.7 Å². The van der Waals surface area contributed by atoms with Crippen LogP contribution in [-0.2, 0) is 14.8 Å². The van der Waals surface area contributed by atoms with Crippen LogP contribution in [-0.4, -0.2) is 38.2 Å². The molecule has 0 fully saturated rings. The summed E-state index contributed by atoms with van der Waals surface area (Å²) in [4.78, 5) is 24.6. The lowest BCUT2D eigenvalue weighted by atomic mass is 10.1. The Kier molecular flexibility index (Phi) is 5.69. The maximum absolute atomic E-state index is 12.5. The molecule has 1 aliphatic heterocycles. The minimum Gasteiger partial charge on any atom is -0.497 e. The molecule has 0 bridgehead atoms. The second kappa shape index (κ2) is 8.02. The normalized spacial score (nSPS) is 15.8. The molecule has 0 saturated heterocycles. The molecule has 0 spiro atoms. The molecule has 3 rings (SSSR count). The zero-order valence-corrected chi connectivity index (χ0v) is 16.5. The van der Waals surface area contributed by atoms with Crippen LogP contribution in [0, 0.1) is 0 Å². The van der Waals surface area contributed by atoms with Gasteiger partial charge in [0.1, 0.15) is 10.6 Å². The fourth-order valence-electron chi connectivity index (χ4n) is 3.12. The van der Waals surface area contributed by atoms with Gasteiger partial charge in [-0.15, -0.1) is 0 Å². The van der Waals surface area contributed by atoms with Gasteiger partial charge in [-0.2, -0.15) is 0 Å². The smallest absolute Gasteiger partial charge is 0.269 e. The van der Waals surface area contributed by atoms with E-state index >= 15 is 0 Å². The Hall–Kier alpha value is -2.87. The van der Waals surface area contributed by atoms with E-state index in [0.29, 0.717) is 0 Å². The molecule has 1 heterocycles. The van der Waals surface area contributed by atoms with Crippen molar-refractivity contribution in [1.29, 1.82) is 0 Å². The maximum atomic E-state index is 12.5. The van der Waals surface area contributed by atoms with Gasteiger partial charge in [0.05, 0.1) is 18.7 Å². The molecule has 2 aromatic rings. The highest BCUT2D eigenvalue weighted by Crippen LogP contribution is 2.30. The van der Waals surface area contributed by atoms with Gasteiger partial charge in [-0.25, -0.2) is 12.7 Å². The number of sulfonamides is 1. The first kappa shape index (κ1) is 19.9. The molecule has 1 aliphatic rings. The second-order valence-corrected chi connectivity index (χ2v) is 8.38. The monoisotopic (exact) mass is 402 g/mol. The first-order valence-electron chi connectivity index (χ1n) is 8.94. The van der Waals surface area contributed by atoms with Gasteiger partial charge in [0.2, 0.25) is 5.91 Å². The van der Waals surface area contributed by atoms with Gasteiger partial charge in [-0.05, 0) is 43.2 Å². The third-order valence-electron chi connectivity index (χ3n) is 4.67. The van der Waals surface area contributed by atoms with E-state index in [4.69, 9.17) is 4.74 Å². The standard InChI is InChI=1S/C20H22N2O5S/c1-14(15-9-11-16(27-2)12-10-15)21-19(23)8-5-13-22-20(24)17-6-3-4-7-18(17)28(22,25)26/h3-4,6-7,9-12,14H,5,8,13H2,1-2H3,(H,21,23). The van der Waals surface area contributed by atoms with Crippen molar-refractivity contribution in [3.05, 3.63) is 59.7 Å². The summed E-state index contributed by atoms with van der Waals surface area (Å²) in [5.41, 5.74) is 1.11. The Balaban J connectivity index is 1.53. The van der Waals surface area contributed by atoms with Crippen LogP contribution in [0.2, 0.25) is 0 Å². The third kappa shape index (κ3) is 3.87. The molecule has 2 aromatic carbocycles. The van der Waals surface area contributed by atoms with Crippen molar-refractivity contribution in [3.63, 3.8) is 0 Å².